The van der Waals surface area contributed by atoms with Crippen LogP contribution in [0.25, 0.3) is 0 Å². The van der Waals surface area contributed by atoms with E-state index in [1.54, 1.807) is 4.68 Å². The molecule has 2 heterocycles. The van der Waals surface area contributed by atoms with Crippen LogP contribution < -0.4 is 0 Å². The van der Waals surface area contributed by atoms with Crippen molar-refractivity contribution in [2.45, 2.75) is 37.1 Å². The third-order valence-corrected chi connectivity index (χ3v) is 3.30. The van der Waals surface area contributed by atoms with Crippen LogP contribution in [-0.2, 0) is 10.3 Å². The predicted octanol–water partition coefficient (Wildman–Crippen LogP) is 1.35. The van der Waals surface area contributed by atoms with Gasteiger partial charge in [0, 0.05) is 12.5 Å². The van der Waals surface area contributed by atoms with Gasteiger partial charge >= 0.3 is 0 Å². The smallest absolute Gasteiger partial charge is 0.150 e. The van der Waals surface area contributed by atoms with Crippen LogP contribution in [-0.4, -0.2) is 21.6 Å². The zero-order chi connectivity index (χ0) is 11.0. The highest BCUT2D eigenvalue weighted by Gasteiger charge is 2.46. The molecule has 1 aliphatic carbocycles. The summed E-state index contributed by atoms with van der Waals surface area (Å²) in [5, 5.41) is 17.3. The van der Waals surface area contributed by atoms with E-state index >= 15 is 0 Å². The molecule has 1 aromatic rings. The molecule has 83 valence electrons. The van der Waals surface area contributed by atoms with Gasteiger partial charge in [0.05, 0.1) is 24.6 Å². The summed E-state index contributed by atoms with van der Waals surface area (Å²) in [7, 11) is 0. The lowest BCUT2D eigenvalue weighted by molar-refractivity contribution is 0.139. The molecule has 2 fully saturated rings. The number of nitriles is 1. The Kier molecular flexibility index (Phi) is 2.18. The minimum atomic E-state index is -0.402. The number of hydrogen-bond acceptors (Lipinski definition) is 4. The second-order valence-electron chi connectivity index (χ2n) is 4.49. The van der Waals surface area contributed by atoms with E-state index in [2.05, 4.69) is 16.4 Å². The molecule has 1 aromatic heterocycles. The zero-order valence-electron chi connectivity index (χ0n) is 8.96. The molecular formula is C11H13N4O. The third-order valence-electron chi connectivity index (χ3n) is 3.30. The number of ether oxygens (including phenoxy) is 1. The quantitative estimate of drug-likeness (QED) is 0.750. The Morgan fingerprint density at radius 3 is 3.06 bits per heavy atom. The van der Waals surface area contributed by atoms with Gasteiger partial charge in [-0.15, -0.1) is 5.10 Å². The minimum Gasteiger partial charge on any atom is -0.375 e. The van der Waals surface area contributed by atoms with E-state index in [0.29, 0.717) is 0 Å². The summed E-state index contributed by atoms with van der Waals surface area (Å²) in [6, 6.07) is 2.30. The SMILES string of the molecule is N#CC1(n2cc([C@@H]3[CH]OCCC3)nn2)CC1. The van der Waals surface area contributed by atoms with Gasteiger partial charge in [-0.05, 0) is 25.7 Å². The fraction of sp³-hybridized carbons (Fsp3) is 0.636. The lowest BCUT2D eigenvalue weighted by atomic mass is 9.99. The van der Waals surface area contributed by atoms with Crippen molar-refractivity contribution in [3.8, 4) is 6.07 Å². The maximum atomic E-state index is 9.06. The van der Waals surface area contributed by atoms with E-state index in [1.807, 2.05) is 12.8 Å². The fourth-order valence-corrected chi connectivity index (χ4v) is 2.02. The first-order chi connectivity index (χ1) is 7.84. The molecule has 0 N–H and O–H groups in total. The second kappa shape index (κ2) is 3.56. The molecule has 0 aromatic carbocycles. The van der Waals surface area contributed by atoms with Crippen LogP contribution in [0, 0.1) is 17.9 Å². The largest absolute Gasteiger partial charge is 0.375 e. The molecule has 2 aliphatic rings. The van der Waals surface area contributed by atoms with Gasteiger partial charge in [0.15, 0.2) is 5.54 Å². The Labute approximate surface area is 94.0 Å². The molecule has 1 saturated heterocycles. The van der Waals surface area contributed by atoms with Crippen molar-refractivity contribution in [3.63, 3.8) is 0 Å². The van der Waals surface area contributed by atoms with E-state index in [9.17, 15) is 0 Å². The molecule has 5 nitrogen and oxygen atoms in total. The van der Waals surface area contributed by atoms with Crippen molar-refractivity contribution < 1.29 is 4.74 Å². The van der Waals surface area contributed by atoms with Crippen LogP contribution in [0.2, 0.25) is 0 Å². The van der Waals surface area contributed by atoms with Crippen LogP contribution in [0.4, 0.5) is 0 Å². The van der Waals surface area contributed by atoms with Gasteiger partial charge in [0.25, 0.3) is 0 Å². The van der Waals surface area contributed by atoms with Gasteiger partial charge in [-0.1, -0.05) is 5.21 Å². The molecule has 1 saturated carbocycles. The molecule has 16 heavy (non-hydrogen) atoms. The normalized spacial score (nSPS) is 27.3. The highest BCUT2D eigenvalue weighted by atomic mass is 16.5. The van der Waals surface area contributed by atoms with E-state index in [1.165, 1.54) is 0 Å². The molecule has 0 unspecified atom stereocenters. The van der Waals surface area contributed by atoms with Gasteiger partial charge in [0.2, 0.25) is 0 Å². The number of hydrogen-bond donors (Lipinski definition) is 0. The van der Waals surface area contributed by atoms with E-state index < -0.39 is 5.54 Å². The van der Waals surface area contributed by atoms with Crippen molar-refractivity contribution in [3.05, 3.63) is 18.5 Å². The molecule has 5 heteroatoms. The molecule has 1 radical (unpaired) electrons. The number of aromatic nitrogens is 3. The first-order valence-electron chi connectivity index (χ1n) is 5.63. The van der Waals surface area contributed by atoms with Gasteiger partial charge in [-0.3, -0.25) is 0 Å². The third kappa shape index (κ3) is 1.50. The minimum absolute atomic E-state index is 0.233. The van der Waals surface area contributed by atoms with E-state index in [4.69, 9.17) is 10.00 Å². The summed E-state index contributed by atoms with van der Waals surface area (Å²) >= 11 is 0. The molecule has 1 atom stereocenters. The first kappa shape index (κ1) is 9.79. The topological polar surface area (TPSA) is 63.7 Å². The van der Waals surface area contributed by atoms with Crippen LogP contribution in [0.1, 0.15) is 37.3 Å². The fourth-order valence-electron chi connectivity index (χ4n) is 2.02. The first-order valence-corrected chi connectivity index (χ1v) is 5.63. The summed E-state index contributed by atoms with van der Waals surface area (Å²) in [5.41, 5.74) is 0.516. The average Bonchev–Trinajstić information content (AvgIpc) is 3.00. The van der Waals surface area contributed by atoms with Crippen LogP contribution in [0.5, 0.6) is 0 Å². The summed E-state index contributed by atoms with van der Waals surface area (Å²) < 4.78 is 7.02. The summed E-state index contributed by atoms with van der Waals surface area (Å²) in [4.78, 5) is 0. The average molecular weight is 217 g/mol. The Morgan fingerprint density at radius 1 is 1.56 bits per heavy atom. The standard InChI is InChI=1S/C11H13N4O/c12-8-11(3-4-11)15-6-10(13-14-15)9-2-1-5-16-7-9/h6-7,9H,1-5H2/t9-/m0/s1. The molecule has 3 rings (SSSR count). The van der Waals surface area contributed by atoms with Crippen LogP contribution >= 0.6 is 0 Å². The van der Waals surface area contributed by atoms with Crippen LogP contribution in [0.3, 0.4) is 0 Å². The summed E-state index contributed by atoms with van der Waals surface area (Å²) in [6.07, 6.45) is 5.77. The zero-order valence-corrected chi connectivity index (χ0v) is 8.96. The lowest BCUT2D eigenvalue weighted by Crippen LogP contribution is -2.15. The highest BCUT2D eigenvalue weighted by Crippen LogP contribution is 2.42. The Morgan fingerprint density at radius 2 is 2.44 bits per heavy atom. The predicted molar refractivity (Wildman–Crippen MR) is 55.1 cm³/mol. The van der Waals surface area contributed by atoms with E-state index in [0.717, 1.165) is 38.0 Å². The maximum absolute atomic E-state index is 9.06. The molecule has 1 aliphatic heterocycles. The second-order valence-corrected chi connectivity index (χ2v) is 4.49. The van der Waals surface area contributed by atoms with Crippen molar-refractivity contribution in [2.75, 3.05) is 6.61 Å². The van der Waals surface area contributed by atoms with Gasteiger partial charge < -0.3 is 4.74 Å². The number of rotatable bonds is 2. The van der Waals surface area contributed by atoms with Gasteiger partial charge in [0.1, 0.15) is 0 Å². The van der Waals surface area contributed by atoms with Crippen molar-refractivity contribution in [1.82, 2.24) is 15.0 Å². The lowest BCUT2D eigenvalue weighted by Gasteiger charge is -2.18. The Bertz CT molecular complexity index is 423. The Hall–Kier alpha value is -1.41. The molecule has 0 spiro atoms. The van der Waals surface area contributed by atoms with Gasteiger partial charge in [-0.25, -0.2) is 4.68 Å². The van der Waals surface area contributed by atoms with E-state index in [-0.39, 0.29) is 5.92 Å². The molecular weight excluding hydrogens is 204 g/mol. The number of nitrogens with zero attached hydrogens (tertiary/aromatic N) is 4. The van der Waals surface area contributed by atoms with Gasteiger partial charge in [-0.2, -0.15) is 5.26 Å². The summed E-state index contributed by atoms with van der Waals surface area (Å²) in [6.45, 7) is 2.64. The maximum Gasteiger partial charge on any atom is 0.150 e. The molecule has 0 amide bonds. The van der Waals surface area contributed by atoms with Crippen molar-refractivity contribution in [1.29, 1.82) is 5.26 Å². The van der Waals surface area contributed by atoms with Crippen molar-refractivity contribution in [2.24, 2.45) is 0 Å². The van der Waals surface area contributed by atoms with Crippen molar-refractivity contribution >= 4 is 0 Å². The summed E-state index contributed by atoms with van der Waals surface area (Å²) in [5.74, 6) is 0.233. The highest BCUT2D eigenvalue weighted by molar-refractivity contribution is 5.17. The Balaban J connectivity index is 1.80. The monoisotopic (exact) mass is 217 g/mol. The van der Waals surface area contributed by atoms with Crippen LogP contribution in [0.15, 0.2) is 6.20 Å². The molecule has 0 bridgehead atoms.